The highest BCUT2D eigenvalue weighted by atomic mass is 35.5. The summed E-state index contributed by atoms with van der Waals surface area (Å²) in [6.07, 6.45) is -3.28. The molecule has 4 N–H and O–H groups in total. The van der Waals surface area contributed by atoms with Gasteiger partial charge in [0.15, 0.2) is 0 Å². The summed E-state index contributed by atoms with van der Waals surface area (Å²) in [5.74, 6) is -1.01. The van der Waals surface area contributed by atoms with Crippen molar-refractivity contribution in [3.8, 4) is 0 Å². The maximum atomic E-state index is 10.7. The topological polar surface area (TPSA) is 113 Å². The molecule has 2 aliphatic heterocycles. The van der Waals surface area contributed by atoms with E-state index in [1.54, 1.807) is 18.2 Å². The summed E-state index contributed by atoms with van der Waals surface area (Å²) in [4.78, 5) is 0. The van der Waals surface area contributed by atoms with Gasteiger partial charge in [0.05, 0.1) is 13.2 Å². The first-order chi connectivity index (χ1) is 15.3. The van der Waals surface area contributed by atoms with Crippen LogP contribution < -0.4 is 0 Å². The Kier molecular flexibility index (Phi) is 5.34. The number of hydrogen-bond donors (Lipinski definition) is 4. The molecule has 1 aromatic heterocycles. The molecule has 2 saturated heterocycles. The van der Waals surface area contributed by atoms with Gasteiger partial charge in [0.1, 0.15) is 35.3 Å². The Bertz CT molecular complexity index is 1160. The zero-order valence-corrected chi connectivity index (χ0v) is 18.2. The van der Waals surface area contributed by atoms with Gasteiger partial charge >= 0.3 is 0 Å². The molecule has 5 rings (SSSR count). The van der Waals surface area contributed by atoms with Crippen molar-refractivity contribution in [2.75, 3.05) is 13.2 Å². The predicted molar refractivity (Wildman–Crippen MR) is 116 cm³/mol. The van der Waals surface area contributed by atoms with Crippen molar-refractivity contribution in [3.05, 3.63) is 69.9 Å². The van der Waals surface area contributed by atoms with Crippen LogP contribution in [0.3, 0.4) is 0 Å². The highest BCUT2D eigenvalue weighted by molar-refractivity contribution is 6.31. The Morgan fingerprint density at radius 3 is 2.62 bits per heavy atom. The number of aryl methyl sites for hydroxylation is 1. The second-order valence-electron chi connectivity index (χ2n) is 8.58. The van der Waals surface area contributed by atoms with Crippen molar-refractivity contribution in [1.82, 2.24) is 0 Å². The molecule has 2 bridgehead atoms. The van der Waals surface area contributed by atoms with E-state index in [1.807, 2.05) is 18.2 Å². The van der Waals surface area contributed by atoms with E-state index in [2.05, 4.69) is 13.0 Å². The number of rotatable bonds is 5. The highest BCUT2D eigenvalue weighted by Crippen LogP contribution is 2.49. The van der Waals surface area contributed by atoms with Gasteiger partial charge in [-0.25, -0.2) is 0 Å². The zero-order valence-electron chi connectivity index (χ0n) is 17.5. The van der Waals surface area contributed by atoms with Crippen molar-refractivity contribution in [2.45, 2.75) is 49.5 Å². The predicted octanol–water partition coefficient (Wildman–Crippen LogP) is 2.27. The molecule has 3 aromatic rings. The number of halogens is 1. The Balaban J connectivity index is 1.50. The summed E-state index contributed by atoms with van der Waals surface area (Å²) in [5.41, 5.74) is 1.63. The number of aliphatic hydroxyl groups excluding tert-OH is 4. The average Bonchev–Trinajstić information content (AvgIpc) is 3.39. The third-order valence-electron chi connectivity index (χ3n) is 6.58. The minimum Gasteiger partial charge on any atom is -0.461 e. The molecule has 0 unspecified atom stereocenters. The third kappa shape index (κ3) is 3.20. The SMILES string of the molecule is CCc1ccc2oc(Cc3cc([C@]45OC[C@](CO)(O4)[C@@H](O)[C@H](O)[C@H]5O)ccc3Cl)cc2c1. The summed E-state index contributed by atoms with van der Waals surface area (Å²) < 4.78 is 17.7. The van der Waals surface area contributed by atoms with Crippen LogP contribution in [-0.2, 0) is 28.1 Å². The summed E-state index contributed by atoms with van der Waals surface area (Å²) in [5, 5.41) is 42.8. The molecule has 0 aliphatic carbocycles. The average molecular weight is 461 g/mol. The second kappa shape index (κ2) is 7.81. The Morgan fingerprint density at radius 2 is 1.88 bits per heavy atom. The number of fused-ring (bicyclic) bond motifs is 3. The van der Waals surface area contributed by atoms with E-state index in [4.69, 9.17) is 25.5 Å². The van der Waals surface area contributed by atoms with Gasteiger partial charge in [0.2, 0.25) is 5.79 Å². The summed E-state index contributed by atoms with van der Waals surface area (Å²) in [6.45, 7) is 1.35. The standard InChI is InChI=1S/C24H25ClO7/c1-2-13-3-6-19-15(7-13)10-17(31-19)9-14-8-16(4-5-18(14)25)24-22(29)20(27)21(28)23(11-26,32-24)12-30-24/h3-8,10,20-22,26-29H,2,9,11-12H2,1H3/t20-,21-,22+,23-,24-/m0/s1. The fourth-order valence-electron chi connectivity index (χ4n) is 4.64. The Morgan fingerprint density at radius 1 is 1.06 bits per heavy atom. The quantitative estimate of drug-likeness (QED) is 0.462. The smallest absolute Gasteiger partial charge is 0.225 e. The van der Waals surface area contributed by atoms with E-state index < -0.39 is 36.3 Å². The van der Waals surface area contributed by atoms with Gasteiger partial charge in [0, 0.05) is 22.4 Å². The first-order valence-electron chi connectivity index (χ1n) is 10.6. The highest BCUT2D eigenvalue weighted by Gasteiger charge is 2.67. The van der Waals surface area contributed by atoms with Gasteiger partial charge in [-0.1, -0.05) is 30.7 Å². The molecule has 0 spiro atoms. The number of ether oxygens (including phenoxy) is 2. The first kappa shape index (κ1) is 21.9. The van der Waals surface area contributed by atoms with Crippen LogP contribution in [0.2, 0.25) is 5.02 Å². The van der Waals surface area contributed by atoms with Gasteiger partial charge < -0.3 is 34.3 Å². The molecule has 8 heteroatoms. The van der Waals surface area contributed by atoms with Crippen molar-refractivity contribution < 1.29 is 34.3 Å². The largest absolute Gasteiger partial charge is 0.461 e. The normalized spacial score (nSPS) is 32.0. The molecule has 32 heavy (non-hydrogen) atoms. The van der Waals surface area contributed by atoms with Crippen molar-refractivity contribution >= 4 is 22.6 Å². The van der Waals surface area contributed by atoms with Gasteiger partial charge in [0.25, 0.3) is 0 Å². The Labute approximate surface area is 189 Å². The summed E-state index contributed by atoms with van der Waals surface area (Å²) >= 11 is 6.46. The molecule has 5 atom stereocenters. The van der Waals surface area contributed by atoms with Gasteiger partial charge in [-0.2, -0.15) is 0 Å². The second-order valence-corrected chi connectivity index (χ2v) is 8.99. The molecular weight excluding hydrogens is 436 g/mol. The van der Waals surface area contributed by atoms with Crippen molar-refractivity contribution in [1.29, 1.82) is 0 Å². The maximum absolute atomic E-state index is 10.7. The van der Waals surface area contributed by atoms with E-state index in [1.165, 1.54) is 5.56 Å². The lowest BCUT2D eigenvalue weighted by Crippen LogP contribution is -2.65. The molecule has 2 fully saturated rings. The molecule has 0 saturated carbocycles. The van der Waals surface area contributed by atoms with Crippen LogP contribution in [-0.4, -0.2) is 57.6 Å². The van der Waals surface area contributed by atoms with Crippen molar-refractivity contribution in [2.24, 2.45) is 0 Å². The van der Waals surface area contributed by atoms with Gasteiger partial charge in [-0.05, 0) is 47.9 Å². The maximum Gasteiger partial charge on any atom is 0.225 e. The minimum absolute atomic E-state index is 0.180. The fraction of sp³-hybridized carbons (Fsp3) is 0.417. The van der Waals surface area contributed by atoms with Crippen LogP contribution in [0.15, 0.2) is 46.9 Å². The fourth-order valence-corrected chi connectivity index (χ4v) is 4.83. The number of aliphatic hydroxyl groups is 4. The molecular formula is C24H25ClO7. The van der Waals surface area contributed by atoms with E-state index >= 15 is 0 Å². The summed E-state index contributed by atoms with van der Waals surface area (Å²) in [7, 11) is 0. The lowest BCUT2D eigenvalue weighted by atomic mass is 9.83. The lowest BCUT2D eigenvalue weighted by Gasteiger charge is -2.46. The van der Waals surface area contributed by atoms with E-state index in [9.17, 15) is 20.4 Å². The van der Waals surface area contributed by atoms with Crippen LogP contribution in [0.5, 0.6) is 0 Å². The van der Waals surface area contributed by atoms with Crippen molar-refractivity contribution in [3.63, 3.8) is 0 Å². The number of benzene rings is 2. The van der Waals surface area contributed by atoms with E-state index in [0.717, 1.165) is 28.7 Å². The zero-order chi connectivity index (χ0) is 22.7. The monoisotopic (exact) mass is 460 g/mol. The molecule has 2 aromatic carbocycles. The molecule has 7 nitrogen and oxygen atoms in total. The minimum atomic E-state index is -1.73. The number of hydrogen-bond acceptors (Lipinski definition) is 7. The lowest BCUT2D eigenvalue weighted by molar-refractivity contribution is -0.329. The molecule has 0 amide bonds. The molecule has 0 radical (unpaired) electrons. The van der Waals surface area contributed by atoms with Crippen LogP contribution >= 0.6 is 11.6 Å². The summed E-state index contributed by atoms with van der Waals surface area (Å²) in [6, 6.07) is 13.1. The van der Waals surface area contributed by atoms with Gasteiger partial charge in [-0.3, -0.25) is 0 Å². The third-order valence-corrected chi connectivity index (χ3v) is 6.95. The van der Waals surface area contributed by atoms with Crippen LogP contribution in [0, 0.1) is 0 Å². The van der Waals surface area contributed by atoms with E-state index in [-0.39, 0.29) is 6.61 Å². The number of furan rings is 1. The first-order valence-corrected chi connectivity index (χ1v) is 11.0. The van der Waals surface area contributed by atoms with Crippen LogP contribution in [0.4, 0.5) is 0 Å². The van der Waals surface area contributed by atoms with Crippen LogP contribution in [0.1, 0.15) is 29.4 Å². The molecule has 3 heterocycles. The van der Waals surface area contributed by atoms with Crippen LogP contribution in [0.25, 0.3) is 11.0 Å². The molecule has 170 valence electrons. The molecule has 2 aliphatic rings. The Hall–Kier alpha value is -1.97. The van der Waals surface area contributed by atoms with Gasteiger partial charge in [-0.15, -0.1) is 0 Å². The van der Waals surface area contributed by atoms with E-state index in [0.29, 0.717) is 17.0 Å².